The van der Waals surface area contributed by atoms with Gasteiger partial charge in [0, 0.05) is 57.7 Å². The Kier molecular flexibility index (Phi) is 22.0. The van der Waals surface area contributed by atoms with Crippen molar-refractivity contribution in [2.45, 2.75) is 32.9 Å². The molecular formula is C42H54ClN9O4. The van der Waals surface area contributed by atoms with Crippen molar-refractivity contribution in [2.24, 2.45) is 0 Å². The standard InChI is InChI=1S/C17H18N4.C11H16N2.C6H3ClN2.C6H15N.C2H2O4/c1-20-10-11-21(17-15(12-18)8-5-9-19-17)16(13-20)14-6-3-2-4-7-14;1-13-8-7-12-11(9-13)10-5-3-2-4-6-10;7-6-5(4-8)2-1-3-9-6;1-4-7(5-2)6-3;3-1(4)2(5)6/h2-9,16H,10-11,13H2,1H3;2-6,11-12H,7-9H2,1H3;1-3H;4-6H2,1-3H3;(H,3,4)(H,5,6)/t16-;11-;;;/m11.../s1. The third kappa shape index (κ3) is 16.5. The van der Waals surface area contributed by atoms with Crippen LogP contribution in [0, 0.1) is 22.7 Å². The Morgan fingerprint density at radius 1 is 0.750 bits per heavy atom. The van der Waals surface area contributed by atoms with Crippen molar-refractivity contribution in [1.29, 1.82) is 10.5 Å². The zero-order valence-corrected chi connectivity index (χ0v) is 33.7. The van der Waals surface area contributed by atoms with E-state index in [4.69, 9.17) is 36.7 Å². The molecule has 3 N–H and O–H groups in total. The average Bonchev–Trinajstić information content (AvgIpc) is 3.23. The van der Waals surface area contributed by atoms with Crippen molar-refractivity contribution in [2.75, 3.05) is 77.9 Å². The van der Waals surface area contributed by atoms with Gasteiger partial charge in [-0.2, -0.15) is 10.5 Å². The Balaban J connectivity index is 0.000000265. The lowest BCUT2D eigenvalue weighted by Crippen LogP contribution is -2.47. The summed E-state index contributed by atoms with van der Waals surface area (Å²) < 4.78 is 0. The molecule has 2 aromatic heterocycles. The van der Waals surface area contributed by atoms with Gasteiger partial charge in [-0.3, -0.25) is 0 Å². The highest BCUT2D eigenvalue weighted by molar-refractivity contribution is 6.30. The van der Waals surface area contributed by atoms with Gasteiger partial charge in [0.2, 0.25) is 0 Å². The van der Waals surface area contributed by atoms with E-state index in [1.165, 1.54) is 30.8 Å². The van der Waals surface area contributed by atoms with E-state index in [1.54, 1.807) is 24.5 Å². The molecular weight excluding hydrogens is 730 g/mol. The van der Waals surface area contributed by atoms with Crippen LogP contribution in [-0.4, -0.2) is 120 Å². The van der Waals surface area contributed by atoms with E-state index in [0.717, 1.165) is 45.1 Å². The molecule has 6 rings (SSSR count). The summed E-state index contributed by atoms with van der Waals surface area (Å²) in [5, 5.41) is 36.2. The first-order valence-corrected chi connectivity index (χ1v) is 18.9. The molecule has 0 bridgehead atoms. The monoisotopic (exact) mass is 783 g/mol. The van der Waals surface area contributed by atoms with Gasteiger partial charge in [0.1, 0.15) is 23.1 Å². The highest BCUT2D eigenvalue weighted by Crippen LogP contribution is 2.30. The number of carboxylic acids is 2. The maximum absolute atomic E-state index is 9.33. The van der Waals surface area contributed by atoms with Crippen molar-refractivity contribution in [3.8, 4) is 12.1 Å². The van der Waals surface area contributed by atoms with Crippen LogP contribution in [0.2, 0.25) is 5.15 Å². The lowest BCUT2D eigenvalue weighted by Gasteiger charge is -2.41. The predicted molar refractivity (Wildman–Crippen MR) is 220 cm³/mol. The van der Waals surface area contributed by atoms with Crippen molar-refractivity contribution >= 4 is 29.4 Å². The van der Waals surface area contributed by atoms with Gasteiger partial charge >= 0.3 is 11.9 Å². The fourth-order valence-electron chi connectivity index (χ4n) is 5.79. The first-order chi connectivity index (χ1) is 27.0. The molecule has 2 aromatic carbocycles. The van der Waals surface area contributed by atoms with Gasteiger partial charge in [-0.05, 0) is 69.1 Å². The van der Waals surface area contributed by atoms with E-state index in [0.29, 0.717) is 17.2 Å². The summed E-state index contributed by atoms with van der Waals surface area (Å²) in [6.07, 6.45) is 3.31. The van der Waals surface area contributed by atoms with E-state index in [1.807, 2.05) is 24.3 Å². The van der Waals surface area contributed by atoms with Gasteiger partial charge in [0.05, 0.1) is 17.2 Å². The molecule has 2 saturated heterocycles. The maximum atomic E-state index is 9.33. The summed E-state index contributed by atoms with van der Waals surface area (Å²) in [5.74, 6) is -2.85. The number of nitriles is 2. The molecule has 0 aliphatic carbocycles. The number of carboxylic acid groups (broad SMARTS) is 2. The van der Waals surface area contributed by atoms with Crippen molar-refractivity contribution in [3.63, 3.8) is 0 Å². The molecule has 4 heterocycles. The Hall–Kier alpha value is -5.41. The van der Waals surface area contributed by atoms with E-state index in [-0.39, 0.29) is 11.2 Å². The topological polar surface area (TPSA) is 173 Å². The molecule has 0 amide bonds. The molecule has 2 atom stereocenters. The number of pyridine rings is 2. The predicted octanol–water partition coefficient (Wildman–Crippen LogP) is 5.82. The SMILES string of the molecule is CCN(CC)CC.CN1CCN(c2ncccc2C#N)[C@@H](c2ccccc2)C1.CN1CCN[C@@H](c2ccccc2)C1.N#Cc1cccnc1Cl.O=C(O)C(=O)O. The molecule has 2 aliphatic rings. The number of carbonyl (C=O) groups is 2. The quantitative estimate of drug-likeness (QED) is 0.158. The van der Waals surface area contributed by atoms with Gasteiger partial charge < -0.3 is 35.1 Å². The van der Waals surface area contributed by atoms with Crippen LogP contribution in [-0.2, 0) is 9.59 Å². The molecule has 0 saturated carbocycles. The lowest BCUT2D eigenvalue weighted by atomic mass is 10.0. The number of likely N-dealkylation sites (N-methyl/N-ethyl adjacent to an activating group) is 2. The highest BCUT2D eigenvalue weighted by Gasteiger charge is 2.29. The van der Waals surface area contributed by atoms with Gasteiger partial charge in [0.15, 0.2) is 0 Å². The first kappa shape index (κ1) is 46.7. The molecule has 56 heavy (non-hydrogen) atoms. The zero-order chi connectivity index (χ0) is 41.3. The maximum Gasteiger partial charge on any atom is 0.414 e. The van der Waals surface area contributed by atoms with Crippen molar-refractivity contribution in [3.05, 3.63) is 125 Å². The normalized spacial score (nSPS) is 16.3. The third-order valence-electron chi connectivity index (χ3n) is 8.93. The van der Waals surface area contributed by atoms with Crippen LogP contribution >= 0.6 is 11.6 Å². The van der Waals surface area contributed by atoms with Gasteiger partial charge in [-0.15, -0.1) is 0 Å². The number of hydrogen-bond donors (Lipinski definition) is 3. The van der Waals surface area contributed by atoms with Gasteiger partial charge in [-0.1, -0.05) is 93.0 Å². The van der Waals surface area contributed by atoms with Crippen LogP contribution in [0.25, 0.3) is 0 Å². The highest BCUT2D eigenvalue weighted by atomic mass is 35.5. The largest absolute Gasteiger partial charge is 0.473 e. The number of halogens is 1. The number of benzene rings is 2. The minimum Gasteiger partial charge on any atom is -0.473 e. The van der Waals surface area contributed by atoms with Crippen LogP contribution in [0.3, 0.4) is 0 Å². The molecule has 298 valence electrons. The first-order valence-electron chi connectivity index (χ1n) is 18.5. The molecule has 14 heteroatoms. The number of aliphatic carboxylic acids is 2. The number of nitrogens with zero attached hydrogens (tertiary/aromatic N) is 8. The number of rotatable bonds is 6. The molecule has 0 spiro atoms. The summed E-state index contributed by atoms with van der Waals surface area (Å²) in [6.45, 7) is 16.3. The number of hydrogen-bond acceptors (Lipinski definition) is 11. The number of piperazine rings is 2. The van der Waals surface area contributed by atoms with E-state index >= 15 is 0 Å². The van der Waals surface area contributed by atoms with Gasteiger partial charge in [-0.25, -0.2) is 19.6 Å². The Labute approximate surface area is 336 Å². The van der Waals surface area contributed by atoms with Crippen LogP contribution < -0.4 is 10.2 Å². The van der Waals surface area contributed by atoms with Crippen LogP contribution in [0.15, 0.2) is 97.3 Å². The molecule has 4 aromatic rings. The lowest BCUT2D eigenvalue weighted by molar-refractivity contribution is -0.159. The second-order valence-corrected chi connectivity index (χ2v) is 13.1. The van der Waals surface area contributed by atoms with Gasteiger partial charge in [0.25, 0.3) is 0 Å². The summed E-state index contributed by atoms with van der Waals surface area (Å²) in [5.41, 5.74) is 3.72. The molecule has 13 nitrogen and oxygen atoms in total. The summed E-state index contributed by atoms with van der Waals surface area (Å²) in [4.78, 5) is 35.7. The smallest absolute Gasteiger partial charge is 0.414 e. The average molecular weight is 784 g/mol. The molecule has 2 fully saturated rings. The Bertz CT molecular complexity index is 1800. The third-order valence-corrected chi connectivity index (χ3v) is 9.23. The number of aromatic nitrogens is 2. The summed E-state index contributed by atoms with van der Waals surface area (Å²) in [6, 6.07) is 32.9. The number of nitrogens with one attached hydrogen (secondary N) is 1. The fraction of sp³-hybridized carbons (Fsp3) is 0.381. The Morgan fingerprint density at radius 3 is 1.73 bits per heavy atom. The van der Waals surface area contributed by atoms with Crippen molar-refractivity contribution in [1.82, 2.24) is 30.0 Å². The molecule has 0 radical (unpaired) electrons. The zero-order valence-electron chi connectivity index (χ0n) is 32.9. The molecule has 2 aliphatic heterocycles. The van der Waals surface area contributed by atoms with E-state index in [9.17, 15) is 5.26 Å². The fourth-order valence-corrected chi connectivity index (χ4v) is 5.95. The minimum absolute atomic E-state index is 0.229. The minimum atomic E-state index is -1.82. The molecule has 0 unspecified atom stereocenters. The second-order valence-electron chi connectivity index (χ2n) is 12.7. The van der Waals surface area contributed by atoms with Crippen LogP contribution in [0.5, 0.6) is 0 Å². The van der Waals surface area contributed by atoms with E-state index < -0.39 is 11.9 Å². The van der Waals surface area contributed by atoms with Crippen molar-refractivity contribution < 1.29 is 19.8 Å². The second kappa shape index (κ2) is 26.4. The Morgan fingerprint density at radius 2 is 1.27 bits per heavy atom. The number of anilines is 1. The van der Waals surface area contributed by atoms with Crippen LogP contribution in [0.4, 0.5) is 5.82 Å². The van der Waals surface area contributed by atoms with Crippen LogP contribution in [0.1, 0.15) is 55.1 Å². The summed E-state index contributed by atoms with van der Waals surface area (Å²) in [7, 11) is 4.31. The van der Waals surface area contributed by atoms with E-state index in [2.05, 4.69) is 130 Å². The summed E-state index contributed by atoms with van der Waals surface area (Å²) >= 11 is 5.49.